The first-order chi connectivity index (χ1) is 15.1. The van der Waals surface area contributed by atoms with Crippen LogP contribution in [-0.2, 0) is 28.7 Å². The second kappa shape index (κ2) is 8.13. The zero-order chi connectivity index (χ0) is 23.0. The second-order valence-corrected chi connectivity index (χ2v) is 7.55. The zero-order valence-corrected chi connectivity index (χ0v) is 16.6. The van der Waals surface area contributed by atoms with E-state index in [-0.39, 0.29) is 24.6 Å². The number of rotatable bonds is 4. The van der Waals surface area contributed by atoms with Crippen LogP contribution in [0.15, 0.2) is 36.4 Å². The maximum Gasteiger partial charge on any atom is 0.419 e. The molecule has 1 saturated heterocycles. The molecule has 168 valence electrons. The second-order valence-electron chi connectivity index (χ2n) is 7.55. The molecule has 2 aliphatic rings. The van der Waals surface area contributed by atoms with Crippen LogP contribution in [0.1, 0.15) is 23.1 Å². The minimum Gasteiger partial charge on any atom is -0.355 e. The lowest BCUT2D eigenvalue weighted by Crippen LogP contribution is -2.41. The number of hydrogen-bond donors (Lipinski definition) is 3. The predicted molar refractivity (Wildman–Crippen MR) is 105 cm³/mol. The molecule has 0 aliphatic carbocycles. The number of imide groups is 1. The van der Waals surface area contributed by atoms with Crippen molar-refractivity contribution in [1.29, 1.82) is 0 Å². The van der Waals surface area contributed by atoms with Crippen molar-refractivity contribution in [2.45, 2.75) is 31.6 Å². The summed E-state index contributed by atoms with van der Waals surface area (Å²) >= 11 is 0. The molecule has 7 nitrogen and oxygen atoms in total. The highest BCUT2D eigenvalue weighted by atomic mass is 19.4. The predicted octanol–water partition coefficient (Wildman–Crippen LogP) is 3.07. The number of hydrogen-bond acceptors (Lipinski definition) is 4. The Morgan fingerprint density at radius 3 is 2.62 bits per heavy atom. The summed E-state index contributed by atoms with van der Waals surface area (Å²) in [6.45, 7) is 0.627. The molecule has 2 heterocycles. The minimum atomic E-state index is -4.77. The van der Waals surface area contributed by atoms with Gasteiger partial charge in [-0.05, 0) is 41.8 Å². The van der Waals surface area contributed by atoms with Gasteiger partial charge in [0.05, 0.1) is 12.0 Å². The molecule has 2 aliphatic heterocycles. The number of benzene rings is 2. The fraction of sp³-hybridized carbons (Fsp3) is 0.286. The van der Waals surface area contributed by atoms with Crippen molar-refractivity contribution >= 4 is 29.2 Å². The van der Waals surface area contributed by atoms with Gasteiger partial charge in [0, 0.05) is 24.5 Å². The topological polar surface area (TPSA) is 90.5 Å². The third kappa shape index (κ3) is 4.36. The van der Waals surface area contributed by atoms with E-state index in [1.165, 1.54) is 0 Å². The van der Waals surface area contributed by atoms with Crippen LogP contribution in [0.2, 0.25) is 0 Å². The zero-order valence-electron chi connectivity index (χ0n) is 16.6. The number of anilines is 2. The molecular formula is C21H18F4N4O3. The number of alkyl halides is 3. The Morgan fingerprint density at radius 1 is 1.19 bits per heavy atom. The van der Waals surface area contributed by atoms with E-state index in [0.29, 0.717) is 24.7 Å². The van der Waals surface area contributed by atoms with Gasteiger partial charge < -0.3 is 15.5 Å². The first-order valence-corrected chi connectivity index (χ1v) is 9.75. The summed E-state index contributed by atoms with van der Waals surface area (Å²) in [5, 5.41) is 7.42. The lowest BCUT2D eigenvalue weighted by molar-refractivity contribution is -0.140. The highest BCUT2D eigenvalue weighted by Crippen LogP contribution is 2.34. The molecule has 3 N–H and O–H groups in total. The van der Waals surface area contributed by atoms with E-state index in [9.17, 15) is 31.9 Å². The number of carbonyl (C=O) groups excluding carboxylic acids is 3. The van der Waals surface area contributed by atoms with Crippen molar-refractivity contribution in [3.05, 3.63) is 58.9 Å². The molecular weight excluding hydrogens is 432 g/mol. The average Bonchev–Trinajstić information content (AvgIpc) is 3.03. The molecule has 1 unspecified atom stereocenters. The monoisotopic (exact) mass is 450 g/mol. The summed E-state index contributed by atoms with van der Waals surface area (Å²) in [5.74, 6) is -2.20. The summed E-state index contributed by atoms with van der Waals surface area (Å²) in [6.07, 6.45) is -4.47. The standard InChI is InChI=1S/C21H18F4N4O3/c22-15-8-12(4-5-14(15)21(23,24)25)26-16-3-1-2-11-10-29(7-6-13(11)16)18(30)9-17-19(31)28-20(32)27-17/h1-5,8,17,26H,6-7,9-10H2,(H2,27,28,31,32). The van der Waals surface area contributed by atoms with Gasteiger partial charge in [-0.1, -0.05) is 12.1 Å². The maximum atomic E-state index is 13.9. The largest absolute Gasteiger partial charge is 0.419 e. The van der Waals surface area contributed by atoms with Gasteiger partial charge >= 0.3 is 12.2 Å². The van der Waals surface area contributed by atoms with Crippen molar-refractivity contribution in [3.8, 4) is 0 Å². The fourth-order valence-electron chi connectivity index (χ4n) is 3.82. The average molecular weight is 450 g/mol. The highest BCUT2D eigenvalue weighted by Gasteiger charge is 2.35. The molecule has 0 saturated carbocycles. The number of amides is 4. The summed E-state index contributed by atoms with van der Waals surface area (Å²) in [4.78, 5) is 37.0. The minimum absolute atomic E-state index is 0.157. The Morgan fingerprint density at radius 2 is 1.97 bits per heavy atom. The molecule has 1 fully saturated rings. The van der Waals surface area contributed by atoms with E-state index in [2.05, 4.69) is 16.0 Å². The molecule has 0 radical (unpaired) electrons. The first kappa shape index (κ1) is 21.6. The molecule has 11 heteroatoms. The smallest absolute Gasteiger partial charge is 0.355 e. The summed E-state index contributed by atoms with van der Waals surface area (Å²) in [7, 11) is 0. The molecule has 1 atom stereocenters. The normalized spacial score (nSPS) is 18.1. The first-order valence-electron chi connectivity index (χ1n) is 9.75. The Kier molecular flexibility index (Phi) is 5.49. The number of fused-ring (bicyclic) bond motifs is 1. The SMILES string of the molecule is O=C1NC(=O)C(CC(=O)N2CCc3c(cccc3Nc3ccc(C(F)(F)F)c(F)c3)C2)N1. The van der Waals surface area contributed by atoms with Gasteiger partial charge in [-0.25, -0.2) is 9.18 Å². The van der Waals surface area contributed by atoms with E-state index in [0.717, 1.165) is 23.3 Å². The van der Waals surface area contributed by atoms with Gasteiger partial charge in [-0.2, -0.15) is 13.2 Å². The Labute approximate surface area is 179 Å². The van der Waals surface area contributed by atoms with Crippen LogP contribution in [0.5, 0.6) is 0 Å². The summed E-state index contributed by atoms with van der Waals surface area (Å²) < 4.78 is 52.2. The molecule has 4 rings (SSSR count). The molecule has 0 spiro atoms. The molecule has 0 aromatic heterocycles. The van der Waals surface area contributed by atoms with Crippen LogP contribution in [0.3, 0.4) is 0 Å². The van der Waals surface area contributed by atoms with E-state index >= 15 is 0 Å². The number of nitrogens with one attached hydrogen (secondary N) is 3. The molecule has 2 aromatic rings. The van der Waals surface area contributed by atoms with Crippen molar-refractivity contribution in [2.24, 2.45) is 0 Å². The molecule has 32 heavy (non-hydrogen) atoms. The maximum absolute atomic E-state index is 13.9. The highest BCUT2D eigenvalue weighted by molar-refractivity contribution is 6.05. The van der Waals surface area contributed by atoms with Crippen molar-refractivity contribution < 1.29 is 31.9 Å². The van der Waals surface area contributed by atoms with Crippen molar-refractivity contribution in [2.75, 3.05) is 11.9 Å². The fourth-order valence-corrected chi connectivity index (χ4v) is 3.82. The molecule has 4 amide bonds. The van der Waals surface area contributed by atoms with E-state index in [4.69, 9.17) is 0 Å². The molecule has 0 bridgehead atoms. The quantitative estimate of drug-likeness (QED) is 0.493. The Hall–Kier alpha value is -3.63. The van der Waals surface area contributed by atoms with Crippen LogP contribution in [0.25, 0.3) is 0 Å². The van der Waals surface area contributed by atoms with Gasteiger partial charge in [-0.15, -0.1) is 0 Å². The molecule has 2 aromatic carbocycles. The van der Waals surface area contributed by atoms with Gasteiger partial charge in [-0.3, -0.25) is 14.9 Å². The van der Waals surface area contributed by atoms with Crippen molar-refractivity contribution in [1.82, 2.24) is 15.5 Å². The number of nitrogens with zero attached hydrogens (tertiary/aromatic N) is 1. The van der Waals surface area contributed by atoms with E-state index in [1.54, 1.807) is 17.0 Å². The van der Waals surface area contributed by atoms with Crippen LogP contribution < -0.4 is 16.0 Å². The lowest BCUT2D eigenvalue weighted by atomic mass is 9.97. The van der Waals surface area contributed by atoms with Crippen molar-refractivity contribution in [3.63, 3.8) is 0 Å². The Bertz CT molecular complexity index is 1100. The van der Waals surface area contributed by atoms with E-state index in [1.807, 2.05) is 6.07 Å². The lowest BCUT2D eigenvalue weighted by Gasteiger charge is -2.31. The number of urea groups is 1. The van der Waals surface area contributed by atoms with Gasteiger partial charge in [0.1, 0.15) is 11.9 Å². The number of halogens is 4. The Balaban J connectivity index is 1.47. The van der Waals surface area contributed by atoms with Gasteiger partial charge in [0.15, 0.2) is 0 Å². The van der Waals surface area contributed by atoms with Gasteiger partial charge in [0.2, 0.25) is 5.91 Å². The van der Waals surface area contributed by atoms with Crippen LogP contribution in [0.4, 0.5) is 33.7 Å². The number of carbonyl (C=O) groups is 3. The van der Waals surface area contributed by atoms with E-state index < -0.39 is 35.5 Å². The summed E-state index contributed by atoms with van der Waals surface area (Å²) in [5.41, 5.74) is 1.13. The van der Waals surface area contributed by atoms with Crippen LogP contribution in [0, 0.1) is 5.82 Å². The van der Waals surface area contributed by atoms with Gasteiger partial charge in [0.25, 0.3) is 5.91 Å². The van der Waals surface area contributed by atoms with Crippen LogP contribution >= 0.6 is 0 Å². The third-order valence-corrected chi connectivity index (χ3v) is 5.41. The third-order valence-electron chi connectivity index (χ3n) is 5.41. The summed E-state index contributed by atoms with van der Waals surface area (Å²) in [6, 6.07) is 6.37. The van der Waals surface area contributed by atoms with Crippen LogP contribution in [-0.4, -0.2) is 35.3 Å².